The highest BCUT2D eigenvalue weighted by atomic mass is 16.6. The fraction of sp³-hybridized carbons (Fsp3) is 0.190. The van der Waals surface area contributed by atoms with Crippen LogP contribution in [0, 0.1) is 0 Å². The molecule has 7 heteroatoms. The number of hydrogen-bond donors (Lipinski definition) is 0. The maximum atomic E-state index is 12.9. The summed E-state index contributed by atoms with van der Waals surface area (Å²) in [5, 5.41) is 0. The number of benzene rings is 2. The third-order valence-electron chi connectivity index (χ3n) is 3.56. The van der Waals surface area contributed by atoms with Gasteiger partial charge in [-0.2, -0.15) is 0 Å². The van der Waals surface area contributed by atoms with Crippen LogP contribution in [0.5, 0.6) is 23.0 Å². The lowest BCUT2D eigenvalue weighted by atomic mass is 10.0. The quantitative estimate of drug-likeness (QED) is 0.313. The molecule has 0 heterocycles. The number of allylic oxidation sites excluding steroid dienone is 1. The monoisotopic (exact) mass is 384 g/mol. The van der Waals surface area contributed by atoms with Crippen LogP contribution in [0.25, 0.3) is 6.08 Å². The van der Waals surface area contributed by atoms with E-state index < -0.39 is 17.7 Å². The second-order valence-corrected chi connectivity index (χ2v) is 5.61. The van der Waals surface area contributed by atoms with Crippen LogP contribution in [-0.2, 0) is 9.59 Å². The molecule has 28 heavy (non-hydrogen) atoms. The molecule has 2 rings (SSSR count). The summed E-state index contributed by atoms with van der Waals surface area (Å²) in [5.74, 6) is -2.00. The number of carbonyl (C=O) groups is 3. The molecule has 0 aromatic heterocycles. The van der Waals surface area contributed by atoms with Gasteiger partial charge in [-0.25, -0.2) is 0 Å². The molecule has 0 saturated heterocycles. The first-order chi connectivity index (χ1) is 13.4. The van der Waals surface area contributed by atoms with E-state index in [0.29, 0.717) is 0 Å². The lowest BCUT2D eigenvalue weighted by Crippen LogP contribution is -2.13. The van der Waals surface area contributed by atoms with Gasteiger partial charge in [-0.05, 0) is 11.6 Å². The number of rotatable bonds is 7. The minimum atomic E-state index is -0.679. The van der Waals surface area contributed by atoms with E-state index in [1.807, 2.05) is 30.3 Å². The topological polar surface area (TPSA) is 88.1 Å². The van der Waals surface area contributed by atoms with Crippen LogP contribution in [0.1, 0.15) is 29.8 Å². The van der Waals surface area contributed by atoms with E-state index in [0.717, 1.165) is 5.56 Å². The first-order valence-corrected chi connectivity index (χ1v) is 8.30. The van der Waals surface area contributed by atoms with Gasteiger partial charge in [0, 0.05) is 19.9 Å². The number of ether oxygens (including phenoxy) is 4. The van der Waals surface area contributed by atoms with Gasteiger partial charge in [0.1, 0.15) is 11.3 Å². The van der Waals surface area contributed by atoms with E-state index in [1.165, 1.54) is 40.2 Å². The molecule has 0 radical (unpaired) electrons. The molecule has 0 aliphatic carbocycles. The minimum absolute atomic E-state index is 0.0325. The average molecular weight is 384 g/mol. The molecular formula is C21H20O7. The van der Waals surface area contributed by atoms with E-state index in [2.05, 4.69) is 0 Å². The first-order valence-electron chi connectivity index (χ1n) is 8.30. The highest BCUT2D eigenvalue weighted by molar-refractivity contribution is 6.12. The SMILES string of the molecule is COc1cc(OC(C)=O)c(C(=O)/C=C/c2ccccc2)c(OC(C)=O)c1OC. The fourth-order valence-corrected chi connectivity index (χ4v) is 2.47. The molecule has 2 aromatic carbocycles. The fourth-order valence-electron chi connectivity index (χ4n) is 2.47. The zero-order valence-corrected chi connectivity index (χ0v) is 16.0. The summed E-state index contributed by atoms with van der Waals surface area (Å²) in [6.07, 6.45) is 2.88. The molecule has 2 aromatic rings. The number of methoxy groups -OCH3 is 2. The van der Waals surface area contributed by atoms with E-state index in [-0.39, 0.29) is 28.6 Å². The van der Waals surface area contributed by atoms with E-state index in [9.17, 15) is 14.4 Å². The Kier molecular flexibility index (Phi) is 6.92. The van der Waals surface area contributed by atoms with Crippen LogP contribution in [0.2, 0.25) is 0 Å². The normalized spacial score (nSPS) is 10.4. The Labute approximate surface area is 162 Å². The summed E-state index contributed by atoms with van der Waals surface area (Å²) in [5.41, 5.74) is 0.662. The van der Waals surface area contributed by atoms with Gasteiger partial charge < -0.3 is 18.9 Å². The summed E-state index contributed by atoms with van der Waals surface area (Å²) in [4.78, 5) is 36.1. The zero-order chi connectivity index (χ0) is 20.7. The number of carbonyl (C=O) groups excluding carboxylic acids is 3. The maximum Gasteiger partial charge on any atom is 0.308 e. The van der Waals surface area contributed by atoms with E-state index in [4.69, 9.17) is 18.9 Å². The molecule has 0 aliphatic heterocycles. The first kappa shape index (κ1) is 20.7. The highest BCUT2D eigenvalue weighted by Gasteiger charge is 2.27. The second kappa shape index (κ2) is 9.36. The summed E-state index contributed by atoms with van der Waals surface area (Å²) in [7, 11) is 2.70. The largest absolute Gasteiger partial charge is 0.493 e. The van der Waals surface area contributed by atoms with Gasteiger partial charge in [-0.3, -0.25) is 14.4 Å². The van der Waals surface area contributed by atoms with Crippen LogP contribution in [0.4, 0.5) is 0 Å². The summed E-state index contributed by atoms with van der Waals surface area (Å²) < 4.78 is 20.8. The lowest BCUT2D eigenvalue weighted by molar-refractivity contribution is -0.132. The Balaban J connectivity index is 2.65. The molecule has 0 amide bonds. The average Bonchev–Trinajstić information content (AvgIpc) is 2.65. The number of hydrogen-bond acceptors (Lipinski definition) is 7. The van der Waals surface area contributed by atoms with Gasteiger partial charge >= 0.3 is 11.9 Å². The van der Waals surface area contributed by atoms with Crippen molar-refractivity contribution in [3.8, 4) is 23.0 Å². The smallest absolute Gasteiger partial charge is 0.308 e. The van der Waals surface area contributed by atoms with Crippen LogP contribution in [-0.4, -0.2) is 31.9 Å². The standard InChI is InChI=1S/C21H20O7/c1-13(22)27-17-12-18(25-3)20(26-4)21(28-14(2)23)19(17)16(24)11-10-15-8-6-5-7-9-15/h5-12H,1-4H3/b11-10+. The van der Waals surface area contributed by atoms with Gasteiger partial charge in [0.2, 0.25) is 5.75 Å². The van der Waals surface area contributed by atoms with Crippen molar-refractivity contribution in [2.24, 2.45) is 0 Å². The zero-order valence-electron chi connectivity index (χ0n) is 16.0. The summed E-state index contributed by atoms with van der Waals surface area (Å²) >= 11 is 0. The second-order valence-electron chi connectivity index (χ2n) is 5.61. The minimum Gasteiger partial charge on any atom is -0.493 e. The van der Waals surface area contributed by atoms with Crippen molar-refractivity contribution in [1.82, 2.24) is 0 Å². The lowest BCUT2D eigenvalue weighted by Gasteiger charge is -2.17. The van der Waals surface area contributed by atoms with Gasteiger partial charge in [-0.15, -0.1) is 0 Å². The van der Waals surface area contributed by atoms with Gasteiger partial charge in [0.25, 0.3) is 0 Å². The number of esters is 2. The molecule has 0 fully saturated rings. The maximum absolute atomic E-state index is 12.9. The molecular weight excluding hydrogens is 364 g/mol. The van der Waals surface area contributed by atoms with Crippen molar-refractivity contribution in [2.45, 2.75) is 13.8 Å². The van der Waals surface area contributed by atoms with Crippen LogP contribution in [0.15, 0.2) is 42.5 Å². The van der Waals surface area contributed by atoms with Crippen LogP contribution in [0.3, 0.4) is 0 Å². The van der Waals surface area contributed by atoms with Crippen molar-refractivity contribution < 1.29 is 33.3 Å². The third-order valence-corrected chi connectivity index (χ3v) is 3.56. The summed E-state index contributed by atoms with van der Waals surface area (Å²) in [6, 6.07) is 10.5. The van der Waals surface area contributed by atoms with Crippen molar-refractivity contribution in [1.29, 1.82) is 0 Å². The molecule has 0 bridgehead atoms. The Morgan fingerprint density at radius 2 is 1.46 bits per heavy atom. The van der Waals surface area contributed by atoms with Crippen molar-refractivity contribution in [3.63, 3.8) is 0 Å². The molecule has 0 spiro atoms. The molecule has 0 saturated carbocycles. The molecule has 7 nitrogen and oxygen atoms in total. The van der Waals surface area contributed by atoms with Crippen LogP contribution < -0.4 is 18.9 Å². The molecule has 0 unspecified atom stereocenters. The molecule has 0 N–H and O–H groups in total. The molecule has 146 valence electrons. The highest BCUT2D eigenvalue weighted by Crippen LogP contribution is 2.45. The molecule has 0 atom stereocenters. The third kappa shape index (κ3) is 4.97. The van der Waals surface area contributed by atoms with Crippen LogP contribution >= 0.6 is 0 Å². The predicted molar refractivity (Wildman–Crippen MR) is 102 cm³/mol. The van der Waals surface area contributed by atoms with E-state index in [1.54, 1.807) is 6.08 Å². The van der Waals surface area contributed by atoms with Crippen molar-refractivity contribution in [2.75, 3.05) is 14.2 Å². The molecule has 0 aliphatic rings. The van der Waals surface area contributed by atoms with Crippen molar-refractivity contribution >= 4 is 23.8 Å². The summed E-state index contributed by atoms with van der Waals surface area (Å²) in [6.45, 7) is 2.37. The van der Waals surface area contributed by atoms with E-state index >= 15 is 0 Å². The number of ketones is 1. The Bertz CT molecular complexity index is 914. The van der Waals surface area contributed by atoms with Gasteiger partial charge in [-0.1, -0.05) is 36.4 Å². The predicted octanol–water partition coefficient (Wildman–Crippen LogP) is 3.45. The van der Waals surface area contributed by atoms with Gasteiger partial charge in [0.15, 0.2) is 17.3 Å². The van der Waals surface area contributed by atoms with Crippen molar-refractivity contribution in [3.05, 3.63) is 53.6 Å². The Hall–Kier alpha value is -3.61. The van der Waals surface area contributed by atoms with Gasteiger partial charge in [0.05, 0.1) is 14.2 Å². The Morgan fingerprint density at radius 1 is 0.821 bits per heavy atom. The Morgan fingerprint density at radius 3 is 2.00 bits per heavy atom.